The van der Waals surface area contributed by atoms with Crippen LogP contribution in [0, 0.1) is 13.8 Å². The summed E-state index contributed by atoms with van der Waals surface area (Å²) in [5, 5.41) is 10.1. The van der Waals surface area contributed by atoms with Gasteiger partial charge in [0.05, 0.1) is 6.10 Å². The molecule has 2 heteroatoms. The lowest BCUT2D eigenvalue weighted by atomic mass is 9.83. The number of fused-ring (bicyclic) bond motifs is 1. The summed E-state index contributed by atoms with van der Waals surface area (Å²) in [4.78, 5) is 0. The standard InChI is InChI=1S/C13H17BrO/c1-7-5-9(14)8(2)11-10(15)6-13(3,4)12(7)11/h5,10,15H,6H2,1-4H3/t10-/m1/s1. The number of rotatable bonds is 0. The Balaban J connectivity index is 2.78. The molecule has 1 aliphatic carbocycles. The van der Waals surface area contributed by atoms with Crippen molar-refractivity contribution < 1.29 is 5.11 Å². The Morgan fingerprint density at radius 2 is 2.00 bits per heavy atom. The van der Waals surface area contributed by atoms with Gasteiger partial charge in [0, 0.05) is 4.47 Å². The first kappa shape index (κ1) is 11.2. The van der Waals surface area contributed by atoms with Crippen molar-refractivity contribution in [1.82, 2.24) is 0 Å². The Bertz CT molecular complexity index is 421. The molecular weight excluding hydrogens is 252 g/mol. The third-order valence-electron chi connectivity index (χ3n) is 3.48. The van der Waals surface area contributed by atoms with Crippen molar-refractivity contribution in [2.45, 2.75) is 45.6 Å². The van der Waals surface area contributed by atoms with Gasteiger partial charge >= 0.3 is 0 Å². The Hall–Kier alpha value is -0.340. The second-order valence-corrected chi connectivity index (χ2v) is 6.05. The number of aliphatic hydroxyl groups is 1. The molecule has 82 valence electrons. The largest absolute Gasteiger partial charge is 0.388 e. The quantitative estimate of drug-likeness (QED) is 0.760. The van der Waals surface area contributed by atoms with Gasteiger partial charge in [-0.2, -0.15) is 0 Å². The third-order valence-corrected chi connectivity index (χ3v) is 4.31. The Kier molecular flexibility index (Phi) is 2.47. The molecule has 0 heterocycles. The van der Waals surface area contributed by atoms with E-state index in [9.17, 15) is 5.11 Å². The molecule has 1 aromatic rings. The van der Waals surface area contributed by atoms with Crippen molar-refractivity contribution in [3.63, 3.8) is 0 Å². The highest BCUT2D eigenvalue weighted by Crippen LogP contribution is 2.48. The van der Waals surface area contributed by atoms with Crippen molar-refractivity contribution in [2.24, 2.45) is 0 Å². The highest BCUT2D eigenvalue weighted by atomic mass is 79.9. The van der Waals surface area contributed by atoms with Crippen LogP contribution in [0.25, 0.3) is 0 Å². The van der Waals surface area contributed by atoms with Gasteiger partial charge < -0.3 is 5.11 Å². The average molecular weight is 269 g/mol. The lowest BCUT2D eigenvalue weighted by Gasteiger charge is -2.21. The highest BCUT2D eigenvalue weighted by Gasteiger charge is 2.38. The molecule has 0 saturated heterocycles. The number of aliphatic hydroxyl groups excluding tert-OH is 1. The van der Waals surface area contributed by atoms with E-state index >= 15 is 0 Å². The first-order valence-electron chi connectivity index (χ1n) is 5.33. The molecule has 1 N–H and O–H groups in total. The summed E-state index contributed by atoms with van der Waals surface area (Å²) in [5.74, 6) is 0. The van der Waals surface area contributed by atoms with Crippen molar-refractivity contribution in [1.29, 1.82) is 0 Å². The average Bonchev–Trinajstić information content (AvgIpc) is 2.32. The van der Waals surface area contributed by atoms with Gasteiger partial charge in [0.15, 0.2) is 0 Å². The van der Waals surface area contributed by atoms with Gasteiger partial charge in [-0.05, 0) is 54.0 Å². The zero-order valence-electron chi connectivity index (χ0n) is 9.69. The molecule has 0 fully saturated rings. The smallest absolute Gasteiger partial charge is 0.0804 e. The Labute approximate surface area is 99.6 Å². The predicted molar refractivity (Wildman–Crippen MR) is 66.2 cm³/mol. The van der Waals surface area contributed by atoms with Crippen LogP contribution in [0.1, 0.15) is 48.6 Å². The molecule has 0 radical (unpaired) electrons. The third kappa shape index (κ3) is 1.55. The summed E-state index contributed by atoms with van der Waals surface area (Å²) in [6.45, 7) is 8.63. The minimum Gasteiger partial charge on any atom is -0.388 e. The molecule has 15 heavy (non-hydrogen) atoms. The molecular formula is C13H17BrO. The Morgan fingerprint density at radius 3 is 2.60 bits per heavy atom. The van der Waals surface area contributed by atoms with Gasteiger partial charge in [0.2, 0.25) is 0 Å². The van der Waals surface area contributed by atoms with Crippen molar-refractivity contribution in [3.8, 4) is 0 Å². The van der Waals surface area contributed by atoms with Crippen LogP contribution in [0.5, 0.6) is 0 Å². The van der Waals surface area contributed by atoms with Crippen LogP contribution in [0.3, 0.4) is 0 Å². The van der Waals surface area contributed by atoms with E-state index < -0.39 is 0 Å². The first-order valence-corrected chi connectivity index (χ1v) is 6.12. The van der Waals surface area contributed by atoms with Crippen molar-refractivity contribution in [2.75, 3.05) is 0 Å². The van der Waals surface area contributed by atoms with Crippen LogP contribution in [-0.4, -0.2) is 5.11 Å². The highest BCUT2D eigenvalue weighted by molar-refractivity contribution is 9.10. The molecule has 0 aromatic heterocycles. The zero-order chi connectivity index (χ0) is 11.4. The van der Waals surface area contributed by atoms with Crippen LogP contribution >= 0.6 is 15.9 Å². The lowest BCUT2D eigenvalue weighted by molar-refractivity contribution is 0.161. The van der Waals surface area contributed by atoms with E-state index in [0.717, 1.165) is 16.5 Å². The molecule has 1 aliphatic rings. The van der Waals surface area contributed by atoms with Crippen LogP contribution in [-0.2, 0) is 5.41 Å². The van der Waals surface area contributed by atoms with E-state index in [1.54, 1.807) is 0 Å². The maximum Gasteiger partial charge on any atom is 0.0804 e. The zero-order valence-corrected chi connectivity index (χ0v) is 11.3. The molecule has 1 nitrogen and oxygen atoms in total. The summed E-state index contributed by atoms with van der Waals surface area (Å²) in [5.41, 5.74) is 5.06. The fourth-order valence-electron chi connectivity index (χ4n) is 2.90. The number of hydrogen-bond donors (Lipinski definition) is 1. The summed E-state index contributed by atoms with van der Waals surface area (Å²) in [6, 6.07) is 2.16. The Morgan fingerprint density at radius 1 is 1.40 bits per heavy atom. The van der Waals surface area contributed by atoms with Crippen molar-refractivity contribution >= 4 is 15.9 Å². The summed E-state index contributed by atoms with van der Waals surface area (Å²) in [7, 11) is 0. The topological polar surface area (TPSA) is 20.2 Å². The van der Waals surface area contributed by atoms with Crippen molar-refractivity contribution in [3.05, 3.63) is 32.8 Å². The molecule has 1 aromatic carbocycles. The monoisotopic (exact) mass is 268 g/mol. The second-order valence-electron chi connectivity index (χ2n) is 5.19. The number of hydrogen-bond acceptors (Lipinski definition) is 1. The van der Waals surface area contributed by atoms with E-state index in [0.29, 0.717) is 0 Å². The van der Waals surface area contributed by atoms with Crippen LogP contribution < -0.4 is 0 Å². The predicted octanol–water partition coefficient (Wildman–Crippen LogP) is 3.78. The number of benzene rings is 1. The normalized spacial score (nSPS) is 22.9. The molecule has 0 bridgehead atoms. The first-order chi connectivity index (χ1) is 6.84. The molecule has 0 amide bonds. The van der Waals surface area contributed by atoms with Crippen LogP contribution in [0.4, 0.5) is 0 Å². The molecule has 0 saturated carbocycles. The SMILES string of the molecule is Cc1cc(Br)c(C)c2c1C(C)(C)C[C@H]2O. The van der Waals surface area contributed by atoms with Crippen LogP contribution in [0.2, 0.25) is 0 Å². The number of halogens is 1. The van der Waals surface area contributed by atoms with Gasteiger partial charge in [-0.1, -0.05) is 29.8 Å². The second kappa shape index (κ2) is 3.33. The minimum atomic E-state index is -0.300. The van der Waals surface area contributed by atoms with E-state index in [-0.39, 0.29) is 11.5 Å². The van der Waals surface area contributed by atoms with Crippen LogP contribution in [0.15, 0.2) is 10.5 Å². The molecule has 2 rings (SSSR count). The van der Waals surface area contributed by atoms with E-state index in [1.165, 1.54) is 16.7 Å². The maximum atomic E-state index is 10.1. The molecule has 0 aliphatic heterocycles. The van der Waals surface area contributed by atoms with Gasteiger partial charge in [0.1, 0.15) is 0 Å². The van der Waals surface area contributed by atoms with Gasteiger partial charge in [-0.3, -0.25) is 0 Å². The van der Waals surface area contributed by atoms with Gasteiger partial charge in [0.25, 0.3) is 0 Å². The summed E-state index contributed by atoms with van der Waals surface area (Å²) < 4.78 is 1.11. The van der Waals surface area contributed by atoms with E-state index in [4.69, 9.17) is 0 Å². The van der Waals surface area contributed by atoms with E-state index in [2.05, 4.69) is 49.7 Å². The lowest BCUT2D eigenvalue weighted by Crippen LogP contribution is -2.14. The van der Waals surface area contributed by atoms with Gasteiger partial charge in [-0.25, -0.2) is 0 Å². The summed E-state index contributed by atoms with van der Waals surface area (Å²) >= 11 is 3.55. The van der Waals surface area contributed by atoms with E-state index in [1.807, 2.05) is 0 Å². The number of aryl methyl sites for hydroxylation is 1. The molecule has 1 atom stereocenters. The fourth-order valence-corrected chi connectivity index (χ4v) is 3.46. The fraction of sp³-hybridized carbons (Fsp3) is 0.538. The summed E-state index contributed by atoms with van der Waals surface area (Å²) in [6.07, 6.45) is 0.534. The molecule has 0 spiro atoms. The minimum absolute atomic E-state index is 0.101. The molecule has 0 unspecified atom stereocenters. The van der Waals surface area contributed by atoms with Gasteiger partial charge in [-0.15, -0.1) is 0 Å². The maximum absolute atomic E-state index is 10.1.